The van der Waals surface area contributed by atoms with E-state index in [1.165, 1.54) is 5.56 Å². The van der Waals surface area contributed by atoms with Crippen LogP contribution in [-0.2, 0) is 0 Å². The summed E-state index contributed by atoms with van der Waals surface area (Å²) in [5.74, 6) is 0.00141. The van der Waals surface area contributed by atoms with Crippen molar-refractivity contribution in [1.82, 2.24) is 0 Å². The molecule has 4 rings (SSSR count). The second kappa shape index (κ2) is 8.66. The molecule has 0 saturated carbocycles. The largest absolute Gasteiger partial charge is 0.399 e. The first-order chi connectivity index (χ1) is 15.0. The Bertz CT molecular complexity index is 1190. The maximum absolute atomic E-state index is 11.1. The third kappa shape index (κ3) is 4.18. The molecule has 0 bridgehead atoms. The molecule has 0 aliphatic heterocycles. The van der Waals surface area contributed by atoms with Crippen molar-refractivity contribution >= 4 is 11.4 Å². The minimum Gasteiger partial charge on any atom is -0.399 e. The lowest BCUT2D eigenvalue weighted by molar-refractivity contribution is 0.221. The minimum atomic E-state index is -0.788. The predicted octanol–water partition coefficient (Wildman–Crippen LogP) is 5.73. The fourth-order valence-electron chi connectivity index (χ4n) is 4.16. The van der Waals surface area contributed by atoms with Gasteiger partial charge in [-0.1, -0.05) is 78.9 Å². The molecule has 31 heavy (non-hydrogen) atoms. The lowest BCUT2D eigenvalue weighted by Gasteiger charge is -2.24. The van der Waals surface area contributed by atoms with E-state index in [2.05, 4.69) is 42.5 Å². The summed E-state index contributed by atoms with van der Waals surface area (Å²) in [5, 5.41) is 11.1. The maximum Gasteiger partial charge on any atom is 0.106 e. The summed E-state index contributed by atoms with van der Waals surface area (Å²) in [4.78, 5) is 0. The van der Waals surface area contributed by atoms with Gasteiger partial charge in [0.05, 0.1) is 0 Å². The monoisotopic (exact) mass is 408 g/mol. The van der Waals surface area contributed by atoms with Crippen LogP contribution in [0.2, 0.25) is 0 Å². The van der Waals surface area contributed by atoms with Crippen LogP contribution in [-0.4, -0.2) is 5.11 Å². The average molecular weight is 409 g/mol. The van der Waals surface area contributed by atoms with Crippen LogP contribution < -0.4 is 11.5 Å². The van der Waals surface area contributed by atoms with E-state index < -0.39 is 6.10 Å². The molecule has 0 aliphatic rings. The van der Waals surface area contributed by atoms with Crippen molar-refractivity contribution < 1.29 is 5.11 Å². The van der Waals surface area contributed by atoms with Gasteiger partial charge in [0.15, 0.2) is 0 Å². The Morgan fingerprint density at radius 2 is 1.19 bits per heavy atom. The zero-order valence-electron chi connectivity index (χ0n) is 17.9. The normalized spacial score (nSPS) is 13.0. The summed E-state index contributed by atoms with van der Waals surface area (Å²) in [6.07, 6.45) is -0.788. The fourth-order valence-corrected chi connectivity index (χ4v) is 4.16. The van der Waals surface area contributed by atoms with Gasteiger partial charge in [0.1, 0.15) is 6.10 Å². The van der Waals surface area contributed by atoms with Crippen molar-refractivity contribution in [3.8, 4) is 0 Å². The zero-order chi connectivity index (χ0) is 22.0. The van der Waals surface area contributed by atoms with Crippen molar-refractivity contribution in [1.29, 1.82) is 0 Å². The third-order valence-electron chi connectivity index (χ3n) is 5.94. The van der Waals surface area contributed by atoms with E-state index in [1.54, 1.807) is 0 Å². The number of aryl methyl sites for hydroxylation is 2. The fraction of sp³-hybridized carbons (Fsp3) is 0.143. The van der Waals surface area contributed by atoms with Crippen molar-refractivity contribution in [3.05, 3.63) is 130 Å². The van der Waals surface area contributed by atoms with E-state index in [1.807, 2.05) is 62.4 Å². The lowest BCUT2D eigenvalue weighted by Crippen LogP contribution is -2.10. The predicted molar refractivity (Wildman–Crippen MR) is 129 cm³/mol. The van der Waals surface area contributed by atoms with Gasteiger partial charge in [0.2, 0.25) is 0 Å². The number of aliphatic hydroxyl groups excluding tert-OH is 1. The Hall–Kier alpha value is -3.56. The van der Waals surface area contributed by atoms with Crippen LogP contribution in [0.25, 0.3) is 0 Å². The molecule has 0 amide bonds. The molecule has 156 valence electrons. The van der Waals surface area contributed by atoms with Crippen molar-refractivity contribution in [3.63, 3.8) is 0 Å². The molecule has 0 spiro atoms. The smallest absolute Gasteiger partial charge is 0.106 e. The van der Waals surface area contributed by atoms with Gasteiger partial charge in [-0.15, -0.1) is 0 Å². The summed E-state index contributed by atoms with van der Waals surface area (Å²) in [5.41, 5.74) is 20.9. The Morgan fingerprint density at radius 1 is 0.613 bits per heavy atom. The molecule has 2 atom stereocenters. The highest BCUT2D eigenvalue weighted by Crippen LogP contribution is 2.38. The first-order valence-corrected chi connectivity index (χ1v) is 10.5. The zero-order valence-corrected chi connectivity index (χ0v) is 17.9. The first-order valence-electron chi connectivity index (χ1n) is 10.5. The molecule has 0 saturated heterocycles. The average Bonchev–Trinajstić information content (AvgIpc) is 2.79. The lowest BCUT2D eigenvalue weighted by atomic mass is 9.82. The van der Waals surface area contributed by atoms with E-state index in [0.29, 0.717) is 5.69 Å². The highest BCUT2D eigenvalue weighted by Gasteiger charge is 2.22. The van der Waals surface area contributed by atoms with Gasteiger partial charge in [-0.3, -0.25) is 0 Å². The molecule has 4 aromatic carbocycles. The summed E-state index contributed by atoms with van der Waals surface area (Å²) >= 11 is 0. The van der Waals surface area contributed by atoms with Gasteiger partial charge < -0.3 is 16.6 Å². The van der Waals surface area contributed by atoms with Crippen molar-refractivity contribution in [2.75, 3.05) is 11.5 Å². The highest BCUT2D eigenvalue weighted by molar-refractivity contribution is 5.61. The van der Waals surface area contributed by atoms with Crippen molar-refractivity contribution in [2.45, 2.75) is 25.9 Å². The number of hydrogen-bond donors (Lipinski definition) is 3. The van der Waals surface area contributed by atoms with Crippen LogP contribution in [0.15, 0.2) is 91.0 Å². The Kier molecular flexibility index (Phi) is 5.79. The SMILES string of the molecule is Cc1cc(C(c2ccccc2)c2cc(C)c(N)c(C(O)c3ccccc3)c2)ccc1N. The van der Waals surface area contributed by atoms with Gasteiger partial charge in [-0.2, -0.15) is 0 Å². The summed E-state index contributed by atoms with van der Waals surface area (Å²) in [6, 6.07) is 30.4. The number of nitrogen functional groups attached to an aromatic ring is 2. The summed E-state index contributed by atoms with van der Waals surface area (Å²) in [6.45, 7) is 4.02. The van der Waals surface area contributed by atoms with Crippen molar-refractivity contribution in [2.24, 2.45) is 0 Å². The minimum absolute atomic E-state index is 0.00141. The van der Waals surface area contributed by atoms with Crippen LogP contribution >= 0.6 is 0 Å². The van der Waals surface area contributed by atoms with Crippen LogP contribution in [0.5, 0.6) is 0 Å². The summed E-state index contributed by atoms with van der Waals surface area (Å²) < 4.78 is 0. The molecular weight excluding hydrogens is 380 g/mol. The maximum atomic E-state index is 11.1. The van der Waals surface area contributed by atoms with E-state index in [0.717, 1.165) is 39.1 Å². The van der Waals surface area contributed by atoms with Gasteiger partial charge in [-0.05, 0) is 59.4 Å². The molecule has 3 nitrogen and oxygen atoms in total. The second-order valence-corrected chi connectivity index (χ2v) is 8.11. The number of rotatable bonds is 5. The van der Waals surface area contributed by atoms with Gasteiger partial charge in [-0.25, -0.2) is 0 Å². The molecule has 0 fully saturated rings. The van der Waals surface area contributed by atoms with E-state index in [4.69, 9.17) is 11.5 Å². The van der Waals surface area contributed by atoms with Gasteiger partial charge in [0.25, 0.3) is 0 Å². The van der Waals surface area contributed by atoms with Crippen LogP contribution in [0, 0.1) is 13.8 Å². The first kappa shape index (κ1) is 20.7. The number of benzene rings is 4. The number of anilines is 2. The van der Waals surface area contributed by atoms with Crippen LogP contribution in [0.4, 0.5) is 11.4 Å². The van der Waals surface area contributed by atoms with Crippen LogP contribution in [0.3, 0.4) is 0 Å². The molecule has 0 aliphatic carbocycles. The summed E-state index contributed by atoms with van der Waals surface area (Å²) in [7, 11) is 0. The number of aliphatic hydroxyl groups is 1. The third-order valence-corrected chi connectivity index (χ3v) is 5.94. The quantitative estimate of drug-likeness (QED) is 0.292. The number of nitrogens with two attached hydrogens (primary N) is 2. The molecule has 4 aromatic rings. The Labute approximate surface area is 184 Å². The molecule has 3 heteroatoms. The van der Waals surface area contributed by atoms with Gasteiger partial charge >= 0.3 is 0 Å². The Morgan fingerprint density at radius 3 is 1.81 bits per heavy atom. The van der Waals surface area contributed by atoms with E-state index >= 15 is 0 Å². The number of hydrogen-bond acceptors (Lipinski definition) is 3. The van der Waals surface area contributed by atoms with E-state index in [-0.39, 0.29) is 5.92 Å². The standard InChI is InChI=1S/C28H28N2O/c1-18-15-22(13-14-25(18)29)26(20-9-5-3-6-10-20)23-16-19(2)27(30)24(17-23)28(31)21-11-7-4-8-12-21/h3-17,26,28,31H,29-30H2,1-2H3. The Balaban J connectivity index is 1.89. The molecule has 0 radical (unpaired) electrons. The molecule has 2 unspecified atom stereocenters. The molecular formula is C28H28N2O. The van der Waals surface area contributed by atoms with Gasteiger partial charge in [0, 0.05) is 22.9 Å². The topological polar surface area (TPSA) is 72.3 Å². The highest BCUT2D eigenvalue weighted by atomic mass is 16.3. The molecule has 0 aromatic heterocycles. The molecule has 0 heterocycles. The van der Waals surface area contributed by atoms with E-state index in [9.17, 15) is 5.11 Å². The van der Waals surface area contributed by atoms with Crippen LogP contribution in [0.1, 0.15) is 51.0 Å². The molecule has 5 N–H and O–H groups in total. The second-order valence-electron chi connectivity index (χ2n) is 8.11.